The van der Waals surface area contributed by atoms with Gasteiger partial charge >= 0.3 is 0 Å². The minimum Gasteiger partial charge on any atom is -0.383 e. The number of rotatable bonds is 17. The average Bonchev–Trinajstić information content (AvgIpc) is 2.09. The standard InChI is InChI=1S/C18H18FN5O.C14H10ClFN4O.2C14H14FN5O2/c1-11(25)22-14-3-2-4-15(8-14)23-18-16(19)7-13(9-20)17(24-18)21-10-12-5-6-12;1-8(21)18-10-3-2-4-11(6-10)19-14-12(16)5-9(7-17)13(15)20-14;2*1-7(21)18-8-3-2-4-9(5-8)19-14-11(15)6-10(13(17)22)12(16)20-14/h2-4,7-8,12H,5-6,10H2,1H3,(H,22,25)(H2,21,23,24);2-6H,1H3,(H,18,21)(H,19,20);2*2-6H,1H3,(H2,17,22)(H,18,21)(H3,16,19,20). The number of nitrogens with zero attached hydrogens (tertiary/aromatic N) is 6. The molecule has 0 unspecified atom stereocenters. The number of carbonyl (C=O) groups is 6. The molecule has 0 atom stereocenters. The molecule has 4 heterocycles. The lowest BCUT2D eigenvalue weighted by molar-refractivity contribution is -0.115. The first-order valence-electron chi connectivity index (χ1n) is 26.5. The quantitative estimate of drug-likeness (QED) is 0.0297. The van der Waals surface area contributed by atoms with Crippen molar-refractivity contribution in [1.29, 1.82) is 10.5 Å². The van der Waals surface area contributed by atoms with E-state index in [0.29, 0.717) is 57.2 Å². The molecule has 9 rings (SSSR count). The second kappa shape index (κ2) is 31.3. The molecule has 4 aromatic carbocycles. The van der Waals surface area contributed by atoms with Gasteiger partial charge in [0, 0.05) is 79.7 Å². The Labute approximate surface area is 516 Å². The smallest absolute Gasteiger partial charge is 0.252 e. The highest BCUT2D eigenvalue weighted by molar-refractivity contribution is 6.30. The molecule has 1 fully saturated rings. The van der Waals surface area contributed by atoms with Gasteiger partial charge in [0.1, 0.15) is 34.7 Å². The van der Waals surface area contributed by atoms with E-state index in [4.69, 9.17) is 45.1 Å². The number of halogens is 5. The van der Waals surface area contributed by atoms with Crippen LogP contribution < -0.4 is 70.8 Å². The normalized spacial score (nSPS) is 10.8. The zero-order valence-electron chi connectivity index (χ0n) is 48.1. The number of carbonyl (C=O) groups excluding carboxylic acids is 6. The fourth-order valence-corrected chi connectivity index (χ4v) is 7.81. The van der Waals surface area contributed by atoms with E-state index in [-0.39, 0.29) is 85.9 Å². The van der Waals surface area contributed by atoms with Crippen LogP contribution in [0.2, 0.25) is 5.15 Å². The monoisotopic (exact) mass is 1250 g/mol. The van der Waals surface area contributed by atoms with E-state index >= 15 is 0 Å². The molecule has 0 saturated heterocycles. The third-order valence-corrected chi connectivity index (χ3v) is 12.0. The Morgan fingerprint density at radius 1 is 0.467 bits per heavy atom. The van der Waals surface area contributed by atoms with Crippen molar-refractivity contribution in [3.05, 3.63) is 172 Å². The maximum absolute atomic E-state index is 14.3. The van der Waals surface area contributed by atoms with Crippen molar-refractivity contribution in [2.45, 2.75) is 40.5 Å². The number of benzene rings is 4. The van der Waals surface area contributed by atoms with Crippen LogP contribution in [0.1, 0.15) is 72.4 Å². The Hall–Kier alpha value is -12.1. The second-order valence-electron chi connectivity index (χ2n) is 19.2. The molecule has 0 radical (unpaired) electrons. The maximum Gasteiger partial charge on any atom is 0.252 e. The summed E-state index contributed by atoms with van der Waals surface area (Å²) < 4.78 is 55.9. The highest BCUT2D eigenvalue weighted by Gasteiger charge is 2.23. The number of aromatic nitrogens is 4. The van der Waals surface area contributed by atoms with Gasteiger partial charge in [-0.15, -0.1) is 0 Å². The molecular formula is C60H56ClF4N19O6. The van der Waals surface area contributed by atoms with Crippen molar-refractivity contribution in [2.24, 2.45) is 17.4 Å². The minimum atomic E-state index is -0.858. The highest BCUT2D eigenvalue weighted by atomic mass is 35.5. The molecule has 4 aromatic heterocycles. The molecule has 17 N–H and O–H groups in total. The van der Waals surface area contributed by atoms with Crippen LogP contribution >= 0.6 is 11.6 Å². The Morgan fingerprint density at radius 3 is 1.08 bits per heavy atom. The summed E-state index contributed by atoms with van der Waals surface area (Å²) in [5, 5.41) is 42.5. The molecule has 462 valence electrons. The van der Waals surface area contributed by atoms with Gasteiger partial charge in [-0.05, 0) is 116 Å². The van der Waals surface area contributed by atoms with Crippen molar-refractivity contribution < 1.29 is 46.3 Å². The van der Waals surface area contributed by atoms with Crippen LogP contribution in [0.5, 0.6) is 0 Å². The average molecular weight is 1250 g/mol. The third kappa shape index (κ3) is 20.6. The number of primary amides is 2. The predicted molar refractivity (Wildman–Crippen MR) is 334 cm³/mol. The van der Waals surface area contributed by atoms with E-state index in [1.165, 1.54) is 33.8 Å². The first-order valence-corrected chi connectivity index (χ1v) is 26.9. The van der Waals surface area contributed by atoms with Gasteiger partial charge in [-0.2, -0.15) is 10.5 Å². The number of hydrogen-bond acceptors (Lipinski definition) is 19. The number of nitrogens with one attached hydrogen (secondary N) is 9. The van der Waals surface area contributed by atoms with Crippen LogP contribution in [0.25, 0.3) is 0 Å². The van der Waals surface area contributed by atoms with Gasteiger partial charge in [0.25, 0.3) is 11.8 Å². The van der Waals surface area contributed by atoms with E-state index in [0.717, 1.165) is 37.6 Å². The zero-order valence-corrected chi connectivity index (χ0v) is 48.8. The molecule has 30 heteroatoms. The maximum atomic E-state index is 14.3. The first-order chi connectivity index (χ1) is 42.8. The first kappa shape index (κ1) is 67.0. The molecule has 0 bridgehead atoms. The molecule has 1 aliphatic carbocycles. The predicted octanol–water partition coefficient (Wildman–Crippen LogP) is 10.3. The van der Waals surface area contributed by atoms with Crippen molar-refractivity contribution in [3.63, 3.8) is 0 Å². The summed E-state index contributed by atoms with van der Waals surface area (Å²) in [5.41, 5.74) is 25.4. The zero-order chi connectivity index (χ0) is 65.8. The lowest BCUT2D eigenvalue weighted by atomic mass is 10.2. The van der Waals surface area contributed by atoms with Crippen LogP contribution in [-0.4, -0.2) is 61.9 Å². The lowest BCUT2D eigenvalue weighted by Gasteiger charge is -2.12. The molecule has 8 aromatic rings. The lowest BCUT2D eigenvalue weighted by Crippen LogP contribution is -2.16. The molecule has 90 heavy (non-hydrogen) atoms. The van der Waals surface area contributed by atoms with Gasteiger partial charge < -0.3 is 70.8 Å². The number of nitriles is 2. The number of hydrogen-bond donors (Lipinski definition) is 13. The SMILES string of the molecule is CC(=O)Nc1cccc(Nc2nc(Cl)c(C#N)cc2F)c1.CC(=O)Nc1cccc(Nc2nc(N)c(C(N)=O)cc2F)c1.CC(=O)Nc1cccc(Nc2nc(N)c(C(N)=O)cc2F)c1.CC(=O)Nc1cccc(Nc2nc(NCC3CC3)c(C#N)cc2F)c1. The molecule has 0 spiro atoms. The Morgan fingerprint density at radius 2 is 0.767 bits per heavy atom. The summed E-state index contributed by atoms with van der Waals surface area (Å²) >= 11 is 5.77. The Kier molecular flexibility index (Phi) is 23.3. The second-order valence-corrected chi connectivity index (χ2v) is 19.6. The Balaban J connectivity index is 0.000000191. The summed E-state index contributed by atoms with van der Waals surface area (Å²) in [6, 6.07) is 34.5. The summed E-state index contributed by atoms with van der Waals surface area (Å²) in [6.07, 6.45) is 2.33. The van der Waals surface area contributed by atoms with Gasteiger partial charge in [-0.1, -0.05) is 35.9 Å². The van der Waals surface area contributed by atoms with Crippen LogP contribution in [0.3, 0.4) is 0 Å². The van der Waals surface area contributed by atoms with Crippen LogP contribution in [-0.2, 0) is 19.2 Å². The number of amides is 6. The van der Waals surface area contributed by atoms with Crippen LogP contribution in [0, 0.1) is 51.8 Å². The van der Waals surface area contributed by atoms with Gasteiger partial charge in [0.15, 0.2) is 46.5 Å². The largest absolute Gasteiger partial charge is 0.383 e. The fourth-order valence-electron chi connectivity index (χ4n) is 7.63. The van der Waals surface area contributed by atoms with Crippen LogP contribution in [0.4, 0.5) is 104 Å². The summed E-state index contributed by atoms with van der Waals surface area (Å²) in [4.78, 5) is 81.9. The fraction of sp³-hybridized carbons (Fsp3) is 0.133. The van der Waals surface area contributed by atoms with E-state index < -0.39 is 35.1 Å². The minimum absolute atomic E-state index is 0.0253. The number of anilines is 15. The molecule has 1 aliphatic rings. The van der Waals surface area contributed by atoms with E-state index in [2.05, 4.69) is 67.8 Å². The van der Waals surface area contributed by atoms with Gasteiger partial charge in [0.05, 0.1) is 22.3 Å². The van der Waals surface area contributed by atoms with E-state index in [9.17, 15) is 46.3 Å². The van der Waals surface area contributed by atoms with Crippen molar-refractivity contribution in [2.75, 3.05) is 65.9 Å². The number of pyridine rings is 4. The third-order valence-electron chi connectivity index (χ3n) is 11.7. The summed E-state index contributed by atoms with van der Waals surface area (Å²) in [7, 11) is 0. The molecule has 6 amide bonds. The van der Waals surface area contributed by atoms with Gasteiger partial charge in [0.2, 0.25) is 23.6 Å². The Bertz CT molecular complexity index is 4000. The number of nitrogen functional groups attached to an aromatic ring is 2. The molecular weight excluding hydrogens is 1190 g/mol. The van der Waals surface area contributed by atoms with E-state index in [1.54, 1.807) is 103 Å². The van der Waals surface area contributed by atoms with Crippen molar-refractivity contribution in [1.82, 2.24) is 19.9 Å². The summed E-state index contributed by atoms with van der Waals surface area (Å²) in [6.45, 7) is 6.29. The highest BCUT2D eigenvalue weighted by Crippen LogP contribution is 2.32. The molecule has 1 saturated carbocycles. The van der Waals surface area contributed by atoms with Gasteiger partial charge in [-0.3, -0.25) is 28.8 Å². The van der Waals surface area contributed by atoms with Crippen molar-refractivity contribution in [3.8, 4) is 12.1 Å². The van der Waals surface area contributed by atoms with Gasteiger partial charge in [-0.25, -0.2) is 37.5 Å². The topological polar surface area (TPSA) is 414 Å². The number of nitrogens with two attached hydrogens (primary N) is 4. The molecule has 25 nitrogen and oxygen atoms in total. The van der Waals surface area contributed by atoms with Crippen LogP contribution in [0.15, 0.2) is 121 Å². The van der Waals surface area contributed by atoms with Crippen molar-refractivity contribution >= 4 is 133 Å². The summed E-state index contributed by atoms with van der Waals surface area (Å²) in [5.74, 6) is -5.16. The molecule has 0 aliphatic heterocycles. The van der Waals surface area contributed by atoms with E-state index in [1.807, 2.05) is 6.07 Å².